The van der Waals surface area contributed by atoms with Gasteiger partial charge in [0.05, 0.1) is 5.69 Å². The lowest BCUT2D eigenvalue weighted by atomic mass is 10.1. The lowest BCUT2D eigenvalue weighted by Gasteiger charge is -2.04. The summed E-state index contributed by atoms with van der Waals surface area (Å²) in [5, 5.41) is 9.16. The van der Waals surface area contributed by atoms with Gasteiger partial charge in [-0.25, -0.2) is 0 Å². The van der Waals surface area contributed by atoms with Gasteiger partial charge >= 0.3 is 0 Å². The number of rotatable bonds is 2. The summed E-state index contributed by atoms with van der Waals surface area (Å²) in [5.41, 5.74) is 12.3. The summed E-state index contributed by atoms with van der Waals surface area (Å²) < 4.78 is 0. The maximum absolute atomic E-state index is 9.16. The molecule has 0 radical (unpaired) electrons. The molecule has 0 saturated carbocycles. The molecule has 0 amide bonds. The van der Waals surface area contributed by atoms with E-state index in [1.165, 1.54) is 0 Å². The second kappa shape index (κ2) is 3.25. The van der Waals surface area contributed by atoms with Crippen molar-refractivity contribution < 1.29 is 5.11 Å². The molecule has 5 N–H and O–H groups in total. The number of nitrogen functional groups attached to an aromatic ring is 1. The quantitative estimate of drug-likeness (QED) is 0.426. The summed E-state index contributed by atoms with van der Waals surface area (Å²) in [6.45, 7) is 0.549. The molecule has 0 aromatic heterocycles. The highest BCUT2D eigenvalue weighted by atomic mass is 16.3. The first-order valence-electron chi connectivity index (χ1n) is 3.52. The van der Waals surface area contributed by atoms with Crippen LogP contribution in [0.5, 0.6) is 5.75 Å². The molecule has 0 atom stereocenters. The van der Waals surface area contributed by atoms with Crippen LogP contribution in [0.1, 0.15) is 5.56 Å². The Morgan fingerprint density at radius 2 is 2.09 bits per heavy atom. The standard InChI is InChI=1S/C8H12N2O/c9-5-4-6-2-1-3-7(11)8(6)10/h1-3,11H,4-5,9-10H2. The molecule has 0 heterocycles. The molecule has 0 fully saturated rings. The normalized spacial score (nSPS) is 9.91. The molecule has 0 aliphatic rings. The Bertz CT molecular complexity index is 248. The predicted octanol–water partition coefficient (Wildman–Crippen LogP) is 0.476. The van der Waals surface area contributed by atoms with Crippen molar-refractivity contribution in [2.75, 3.05) is 12.3 Å². The Kier molecular flexibility index (Phi) is 2.33. The van der Waals surface area contributed by atoms with E-state index in [9.17, 15) is 0 Å². The van der Waals surface area contributed by atoms with E-state index in [1.807, 2.05) is 6.07 Å². The minimum absolute atomic E-state index is 0.135. The molecule has 11 heavy (non-hydrogen) atoms. The van der Waals surface area contributed by atoms with E-state index in [1.54, 1.807) is 12.1 Å². The number of aromatic hydroxyl groups is 1. The molecule has 3 nitrogen and oxygen atoms in total. The molecule has 1 aromatic carbocycles. The topological polar surface area (TPSA) is 72.3 Å². The minimum Gasteiger partial charge on any atom is -0.506 e. The molecule has 3 heteroatoms. The van der Waals surface area contributed by atoms with Crippen LogP contribution in [0.15, 0.2) is 18.2 Å². The summed E-state index contributed by atoms with van der Waals surface area (Å²) in [7, 11) is 0. The van der Waals surface area contributed by atoms with Crippen LogP contribution in [0.2, 0.25) is 0 Å². The Morgan fingerprint density at radius 3 is 2.73 bits per heavy atom. The van der Waals surface area contributed by atoms with Gasteiger partial charge in [-0.3, -0.25) is 0 Å². The third-order valence-corrected chi connectivity index (χ3v) is 1.59. The lowest BCUT2D eigenvalue weighted by Crippen LogP contribution is -2.05. The van der Waals surface area contributed by atoms with Gasteiger partial charge in [0.1, 0.15) is 5.75 Å². The van der Waals surface area contributed by atoms with Crippen molar-refractivity contribution in [3.05, 3.63) is 23.8 Å². The summed E-state index contributed by atoms with van der Waals surface area (Å²) in [6.07, 6.45) is 0.709. The van der Waals surface area contributed by atoms with Gasteiger partial charge < -0.3 is 16.6 Å². The van der Waals surface area contributed by atoms with Gasteiger partial charge in [0, 0.05) is 0 Å². The first-order chi connectivity index (χ1) is 5.25. The highest BCUT2D eigenvalue weighted by Gasteiger charge is 2.00. The van der Waals surface area contributed by atoms with Crippen LogP contribution >= 0.6 is 0 Å². The third-order valence-electron chi connectivity index (χ3n) is 1.59. The number of benzene rings is 1. The van der Waals surface area contributed by atoms with Crippen LogP contribution in [0.4, 0.5) is 5.69 Å². The molecule has 0 aliphatic carbocycles. The number of anilines is 1. The van der Waals surface area contributed by atoms with E-state index in [2.05, 4.69) is 0 Å². The zero-order chi connectivity index (χ0) is 8.27. The first kappa shape index (κ1) is 7.88. The van der Waals surface area contributed by atoms with Crippen molar-refractivity contribution in [1.82, 2.24) is 0 Å². The van der Waals surface area contributed by atoms with E-state index >= 15 is 0 Å². The van der Waals surface area contributed by atoms with Crippen LogP contribution < -0.4 is 11.5 Å². The zero-order valence-corrected chi connectivity index (χ0v) is 6.25. The fourth-order valence-electron chi connectivity index (χ4n) is 0.973. The van der Waals surface area contributed by atoms with E-state index in [-0.39, 0.29) is 5.75 Å². The van der Waals surface area contributed by atoms with E-state index in [0.717, 1.165) is 5.56 Å². The minimum atomic E-state index is 0.135. The number of phenols is 1. The molecule has 0 bridgehead atoms. The van der Waals surface area contributed by atoms with Gasteiger partial charge in [-0.1, -0.05) is 12.1 Å². The number of phenolic OH excluding ortho intramolecular Hbond substituents is 1. The van der Waals surface area contributed by atoms with Crippen molar-refractivity contribution in [2.45, 2.75) is 6.42 Å². The van der Waals surface area contributed by atoms with Crippen LogP contribution in [-0.2, 0) is 6.42 Å². The molecule has 1 rings (SSSR count). The Balaban J connectivity index is 2.96. The van der Waals surface area contributed by atoms with Crippen molar-refractivity contribution in [1.29, 1.82) is 0 Å². The molecule has 1 aromatic rings. The second-order valence-electron chi connectivity index (χ2n) is 2.39. The maximum Gasteiger partial charge on any atom is 0.138 e. The molecular formula is C8H12N2O. The number of para-hydroxylation sites is 1. The van der Waals surface area contributed by atoms with Gasteiger partial charge in [0.25, 0.3) is 0 Å². The average molecular weight is 152 g/mol. The average Bonchev–Trinajstić information content (AvgIpc) is 1.99. The van der Waals surface area contributed by atoms with Gasteiger partial charge in [-0.15, -0.1) is 0 Å². The Hall–Kier alpha value is -1.22. The fraction of sp³-hybridized carbons (Fsp3) is 0.250. The van der Waals surface area contributed by atoms with Gasteiger partial charge in [-0.2, -0.15) is 0 Å². The largest absolute Gasteiger partial charge is 0.506 e. The molecule has 0 aliphatic heterocycles. The molecular weight excluding hydrogens is 140 g/mol. The van der Waals surface area contributed by atoms with Crippen molar-refractivity contribution in [3.63, 3.8) is 0 Å². The molecule has 60 valence electrons. The highest BCUT2D eigenvalue weighted by Crippen LogP contribution is 2.23. The van der Waals surface area contributed by atoms with Crippen molar-refractivity contribution in [3.8, 4) is 5.75 Å². The lowest BCUT2D eigenvalue weighted by molar-refractivity contribution is 0.477. The van der Waals surface area contributed by atoms with Gasteiger partial charge in [-0.05, 0) is 24.6 Å². The first-order valence-corrected chi connectivity index (χ1v) is 3.52. The third kappa shape index (κ3) is 1.62. The Labute approximate surface area is 65.6 Å². The number of hydrogen-bond acceptors (Lipinski definition) is 3. The molecule has 0 spiro atoms. The molecule has 0 saturated heterocycles. The van der Waals surface area contributed by atoms with Crippen LogP contribution in [0.25, 0.3) is 0 Å². The van der Waals surface area contributed by atoms with Crippen LogP contribution in [0, 0.1) is 0 Å². The second-order valence-corrected chi connectivity index (χ2v) is 2.39. The van der Waals surface area contributed by atoms with E-state index in [4.69, 9.17) is 16.6 Å². The zero-order valence-electron chi connectivity index (χ0n) is 6.25. The fourth-order valence-corrected chi connectivity index (χ4v) is 0.973. The smallest absolute Gasteiger partial charge is 0.138 e. The molecule has 0 unspecified atom stereocenters. The summed E-state index contributed by atoms with van der Waals surface area (Å²) in [4.78, 5) is 0. The predicted molar refractivity (Wildman–Crippen MR) is 45.3 cm³/mol. The van der Waals surface area contributed by atoms with Crippen molar-refractivity contribution in [2.24, 2.45) is 5.73 Å². The Morgan fingerprint density at radius 1 is 1.36 bits per heavy atom. The van der Waals surface area contributed by atoms with Crippen LogP contribution in [-0.4, -0.2) is 11.7 Å². The van der Waals surface area contributed by atoms with Gasteiger partial charge in [0.15, 0.2) is 0 Å². The van der Waals surface area contributed by atoms with Gasteiger partial charge in [0.2, 0.25) is 0 Å². The highest BCUT2D eigenvalue weighted by molar-refractivity contribution is 5.57. The summed E-state index contributed by atoms with van der Waals surface area (Å²) in [6, 6.07) is 5.19. The summed E-state index contributed by atoms with van der Waals surface area (Å²) in [5.74, 6) is 0.135. The summed E-state index contributed by atoms with van der Waals surface area (Å²) >= 11 is 0. The maximum atomic E-state index is 9.16. The monoisotopic (exact) mass is 152 g/mol. The number of hydrogen-bond donors (Lipinski definition) is 3. The number of nitrogens with two attached hydrogens (primary N) is 2. The van der Waals surface area contributed by atoms with Crippen LogP contribution in [0.3, 0.4) is 0 Å². The van der Waals surface area contributed by atoms with E-state index in [0.29, 0.717) is 18.7 Å². The van der Waals surface area contributed by atoms with E-state index < -0.39 is 0 Å². The SMILES string of the molecule is NCCc1cccc(O)c1N. The van der Waals surface area contributed by atoms with Crippen molar-refractivity contribution >= 4 is 5.69 Å².